The molecular formula is C11H13N5O2. The monoisotopic (exact) mass is 247 g/mol. The molecule has 0 saturated heterocycles. The Morgan fingerprint density at radius 2 is 2.33 bits per heavy atom. The molecule has 0 aliphatic heterocycles. The summed E-state index contributed by atoms with van der Waals surface area (Å²) < 4.78 is 6.59. The molecule has 1 rings (SSSR count). The summed E-state index contributed by atoms with van der Waals surface area (Å²) >= 11 is 0. The fraction of sp³-hybridized carbons (Fsp3) is 0.455. The second-order valence-electron chi connectivity index (χ2n) is 3.68. The van der Waals surface area contributed by atoms with Crippen LogP contribution in [0.25, 0.3) is 10.4 Å². The van der Waals surface area contributed by atoms with Crippen molar-refractivity contribution < 1.29 is 4.74 Å². The van der Waals surface area contributed by atoms with Gasteiger partial charge >= 0.3 is 0 Å². The van der Waals surface area contributed by atoms with Gasteiger partial charge in [0.1, 0.15) is 18.4 Å². The van der Waals surface area contributed by atoms with E-state index in [9.17, 15) is 4.79 Å². The minimum Gasteiger partial charge on any atom is -0.361 e. The van der Waals surface area contributed by atoms with Gasteiger partial charge in [-0.1, -0.05) is 5.11 Å². The maximum absolute atomic E-state index is 11.9. The van der Waals surface area contributed by atoms with E-state index < -0.39 is 0 Å². The number of aryl methyl sites for hydroxylation is 2. The number of pyridine rings is 1. The van der Waals surface area contributed by atoms with E-state index in [2.05, 4.69) is 10.0 Å². The molecule has 18 heavy (non-hydrogen) atoms. The molecule has 0 aromatic carbocycles. The summed E-state index contributed by atoms with van der Waals surface area (Å²) in [7, 11) is 0. The number of rotatable bonds is 5. The smallest absolute Gasteiger partial charge is 0.270 e. The summed E-state index contributed by atoms with van der Waals surface area (Å²) in [4.78, 5) is 14.5. The minimum absolute atomic E-state index is 0.0422. The van der Waals surface area contributed by atoms with Crippen LogP contribution in [0.5, 0.6) is 0 Å². The van der Waals surface area contributed by atoms with E-state index in [1.807, 2.05) is 6.07 Å². The Morgan fingerprint density at radius 3 is 2.94 bits per heavy atom. The number of hydrogen-bond donors (Lipinski definition) is 0. The van der Waals surface area contributed by atoms with Crippen LogP contribution >= 0.6 is 0 Å². The summed E-state index contributed by atoms with van der Waals surface area (Å²) in [5.41, 5.74) is 9.22. The van der Waals surface area contributed by atoms with Crippen LogP contribution in [0.15, 0.2) is 16.0 Å². The molecule has 7 nitrogen and oxygen atoms in total. The molecule has 0 spiro atoms. The van der Waals surface area contributed by atoms with Crippen LogP contribution < -0.4 is 5.56 Å². The van der Waals surface area contributed by atoms with E-state index >= 15 is 0 Å². The van der Waals surface area contributed by atoms with Crippen molar-refractivity contribution >= 4 is 0 Å². The Hall–Kier alpha value is -2.29. The second-order valence-corrected chi connectivity index (χ2v) is 3.68. The van der Waals surface area contributed by atoms with E-state index in [-0.39, 0.29) is 31.0 Å². The number of hydrogen-bond acceptors (Lipinski definition) is 4. The topological polar surface area (TPSA) is 104 Å². The van der Waals surface area contributed by atoms with Crippen molar-refractivity contribution in [2.24, 2.45) is 5.11 Å². The van der Waals surface area contributed by atoms with Crippen LogP contribution in [0.4, 0.5) is 0 Å². The maximum Gasteiger partial charge on any atom is 0.270 e. The molecule has 0 saturated carbocycles. The Kier molecular flexibility index (Phi) is 4.93. The third kappa shape index (κ3) is 3.10. The Bertz CT molecular complexity index is 578. The van der Waals surface area contributed by atoms with Crippen molar-refractivity contribution in [3.8, 4) is 6.07 Å². The maximum atomic E-state index is 11.9. The standard InChI is InChI=1S/C11H13N5O2/c1-8-5-9(2)16(11(17)10(8)6-12)7-18-4-3-14-15-13/h5H,3-4,7H2,1-2H3. The average molecular weight is 247 g/mol. The van der Waals surface area contributed by atoms with Gasteiger partial charge in [-0.15, -0.1) is 0 Å². The van der Waals surface area contributed by atoms with E-state index in [0.29, 0.717) is 5.56 Å². The number of aromatic nitrogens is 1. The van der Waals surface area contributed by atoms with Crippen LogP contribution in [0.1, 0.15) is 16.8 Å². The molecule has 0 aliphatic carbocycles. The van der Waals surface area contributed by atoms with E-state index in [0.717, 1.165) is 5.69 Å². The van der Waals surface area contributed by atoms with Crippen molar-refractivity contribution in [2.45, 2.75) is 20.6 Å². The lowest BCUT2D eigenvalue weighted by Crippen LogP contribution is -2.27. The van der Waals surface area contributed by atoms with Gasteiger partial charge in [0.2, 0.25) is 0 Å². The quantitative estimate of drug-likeness (QED) is 0.341. The number of nitrogens with zero attached hydrogens (tertiary/aromatic N) is 5. The number of ether oxygens (including phenoxy) is 1. The first-order chi connectivity index (χ1) is 8.61. The van der Waals surface area contributed by atoms with Gasteiger partial charge < -0.3 is 4.74 Å². The molecule has 0 amide bonds. The van der Waals surface area contributed by atoms with E-state index in [1.54, 1.807) is 19.9 Å². The highest BCUT2D eigenvalue weighted by molar-refractivity contribution is 5.35. The third-order valence-corrected chi connectivity index (χ3v) is 2.44. The number of azide groups is 1. The van der Waals surface area contributed by atoms with Crippen LogP contribution in [-0.4, -0.2) is 17.7 Å². The lowest BCUT2D eigenvalue weighted by atomic mass is 10.1. The molecule has 0 radical (unpaired) electrons. The first-order valence-electron chi connectivity index (χ1n) is 5.31. The van der Waals surface area contributed by atoms with Crippen molar-refractivity contribution in [2.75, 3.05) is 13.2 Å². The highest BCUT2D eigenvalue weighted by Gasteiger charge is 2.09. The molecule has 0 atom stereocenters. The fourth-order valence-corrected chi connectivity index (χ4v) is 1.53. The van der Waals surface area contributed by atoms with Gasteiger partial charge in [-0.05, 0) is 31.0 Å². The summed E-state index contributed by atoms with van der Waals surface area (Å²) in [6, 6.07) is 3.65. The van der Waals surface area contributed by atoms with Gasteiger partial charge in [-0.2, -0.15) is 5.26 Å². The summed E-state index contributed by atoms with van der Waals surface area (Å²) in [5, 5.41) is 12.2. The largest absolute Gasteiger partial charge is 0.361 e. The summed E-state index contributed by atoms with van der Waals surface area (Å²) in [6.45, 7) is 3.97. The highest BCUT2D eigenvalue weighted by atomic mass is 16.5. The van der Waals surface area contributed by atoms with Gasteiger partial charge in [-0.3, -0.25) is 9.36 Å². The molecule has 1 aromatic heterocycles. The Balaban J connectivity index is 2.87. The summed E-state index contributed by atoms with van der Waals surface area (Å²) in [6.07, 6.45) is 0. The van der Waals surface area contributed by atoms with Crippen LogP contribution in [0.2, 0.25) is 0 Å². The van der Waals surface area contributed by atoms with Gasteiger partial charge in [0.05, 0.1) is 6.61 Å². The van der Waals surface area contributed by atoms with Crippen molar-refractivity contribution in [3.63, 3.8) is 0 Å². The zero-order valence-corrected chi connectivity index (χ0v) is 10.3. The molecule has 1 heterocycles. The van der Waals surface area contributed by atoms with Gasteiger partial charge in [-0.25, -0.2) is 0 Å². The van der Waals surface area contributed by atoms with Crippen molar-refractivity contribution in [1.82, 2.24) is 4.57 Å². The van der Waals surface area contributed by atoms with Crippen LogP contribution in [0, 0.1) is 25.2 Å². The van der Waals surface area contributed by atoms with E-state index in [4.69, 9.17) is 15.5 Å². The predicted octanol–water partition coefficient (Wildman–Crippen LogP) is 1.62. The molecular weight excluding hydrogens is 234 g/mol. The molecule has 7 heteroatoms. The molecule has 0 unspecified atom stereocenters. The molecule has 0 fully saturated rings. The molecule has 94 valence electrons. The van der Waals surface area contributed by atoms with Gasteiger partial charge in [0, 0.05) is 17.2 Å². The van der Waals surface area contributed by atoms with Crippen LogP contribution in [0.3, 0.4) is 0 Å². The molecule has 0 aliphatic rings. The minimum atomic E-state index is -0.362. The van der Waals surface area contributed by atoms with Crippen molar-refractivity contribution in [3.05, 3.63) is 43.7 Å². The molecule has 0 bridgehead atoms. The van der Waals surface area contributed by atoms with E-state index in [1.165, 1.54) is 4.57 Å². The third-order valence-electron chi connectivity index (χ3n) is 2.44. The molecule has 1 aromatic rings. The van der Waals surface area contributed by atoms with Gasteiger partial charge in [0.15, 0.2) is 0 Å². The second kappa shape index (κ2) is 6.45. The Labute approximate surface area is 104 Å². The zero-order chi connectivity index (χ0) is 13.5. The first-order valence-corrected chi connectivity index (χ1v) is 5.31. The lowest BCUT2D eigenvalue weighted by molar-refractivity contribution is 0.0793. The normalized spacial score (nSPS) is 9.61. The zero-order valence-electron chi connectivity index (χ0n) is 10.3. The van der Waals surface area contributed by atoms with Gasteiger partial charge in [0.25, 0.3) is 5.56 Å². The highest BCUT2D eigenvalue weighted by Crippen LogP contribution is 2.05. The lowest BCUT2D eigenvalue weighted by Gasteiger charge is -2.11. The number of nitriles is 1. The molecule has 0 N–H and O–H groups in total. The average Bonchev–Trinajstić information content (AvgIpc) is 2.32. The SMILES string of the molecule is Cc1cc(C)n(COCCN=[N+]=[N-])c(=O)c1C#N. The first kappa shape index (κ1) is 13.8. The van der Waals surface area contributed by atoms with Crippen molar-refractivity contribution in [1.29, 1.82) is 5.26 Å². The Morgan fingerprint density at radius 1 is 1.61 bits per heavy atom. The fourth-order valence-electron chi connectivity index (χ4n) is 1.53. The van der Waals surface area contributed by atoms with Crippen LogP contribution in [-0.2, 0) is 11.5 Å². The predicted molar refractivity (Wildman–Crippen MR) is 64.9 cm³/mol. The summed E-state index contributed by atoms with van der Waals surface area (Å²) in [5.74, 6) is 0.